The number of pyridine rings is 1. The van der Waals surface area contributed by atoms with Crippen LogP contribution >= 0.6 is 15.9 Å². The van der Waals surface area contributed by atoms with Crippen LogP contribution < -0.4 is 4.90 Å². The van der Waals surface area contributed by atoms with Gasteiger partial charge in [-0.3, -0.25) is 4.98 Å². The minimum absolute atomic E-state index is 0.0378. The monoisotopic (exact) mass is 852 g/mol. The summed E-state index contributed by atoms with van der Waals surface area (Å²) in [6.07, 6.45) is 5.59. The first-order chi connectivity index (χ1) is 25.0. The number of rotatable bonds is 20. The quantitative estimate of drug-likeness (QED) is 0.0674. The number of carbonyl (C=O) groups is 1. The fourth-order valence-corrected chi connectivity index (χ4v) is 8.03. The third kappa shape index (κ3) is 13.6. The second-order valence-electron chi connectivity index (χ2n) is 18.1. The van der Waals surface area contributed by atoms with Crippen LogP contribution in [0.25, 0.3) is 16.8 Å². The van der Waals surface area contributed by atoms with E-state index >= 15 is 4.39 Å². The van der Waals surface area contributed by atoms with E-state index in [0.717, 1.165) is 35.1 Å². The van der Waals surface area contributed by atoms with E-state index in [-0.39, 0.29) is 31.3 Å². The van der Waals surface area contributed by atoms with Gasteiger partial charge in [-0.25, -0.2) is 14.2 Å². The van der Waals surface area contributed by atoms with Crippen LogP contribution in [-0.2, 0) is 26.2 Å². The molecule has 0 fully saturated rings. The number of halogens is 2. The van der Waals surface area contributed by atoms with Crippen LogP contribution in [0.5, 0.6) is 0 Å². The molecule has 1 N–H and O–H groups in total. The predicted molar refractivity (Wildman–Crippen MR) is 225 cm³/mol. The Bertz CT molecular complexity index is 1660. The van der Waals surface area contributed by atoms with E-state index in [2.05, 4.69) is 74.0 Å². The van der Waals surface area contributed by atoms with Crippen molar-refractivity contribution in [2.45, 2.75) is 143 Å². The fourth-order valence-electron chi connectivity index (χ4n) is 5.81. The molecule has 0 radical (unpaired) electrons. The van der Waals surface area contributed by atoms with E-state index in [1.54, 1.807) is 16.9 Å². The number of aryl methyl sites for hydroxylation is 1. The Kier molecular flexibility index (Phi) is 16.3. The molecule has 1 atom stereocenters. The van der Waals surface area contributed by atoms with E-state index in [9.17, 15) is 9.90 Å². The Balaban J connectivity index is 2.16. The highest BCUT2D eigenvalue weighted by Crippen LogP contribution is 2.35. The van der Waals surface area contributed by atoms with Gasteiger partial charge in [0.05, 0.1) is 16.4 Å². The summed E-state index contributed by atoms with van der Waals surface area (Å²) in [6.45, 7) is 29.1. The van der Waals surface area contributed by atoms with Gasteiger partial charge in [-0.1, -0.05) is 53.1 Å². The number of aliphatic hydroxyl groups is 1. The van der Waals surface area contributed by atoms with Crippen molar-refractivity contribution in [3.05, 3.63) is 40.1 Å². The number of ether oxygens (including phenoxy) is 3. The van der Waals surface area contributed by atoms with Crippen LogP contribution in [0.4, 0.5) is 15.0 Å². The molecule has 3 rings (SSSR count). The zero-order valence-corrected chi connectivity index (χ0v) is 38.7. The average molecular weight is 854 g/mol. The van der Waals surface area contributed by atoms with Crippen molar-refractivity contribution in [2.24, 2.45) is 0 Å². The van der Waals surface area contributed by atoms with Crippen molar-refractivity contribution < 1.29 is 28.5 Å². The Morgan fingerprint density at radius 2 is 1.59 bits per heavy atom. The normalized spacial score (nSPS) is 13.4. The molecule has 0 saturated heterocycles. The largest absolute Gasteiger partial charge is 0.444 e. The van der Waals surface area contributed by atoms with Gasteiger partial charge in [0.15, 0.2) is 11.5 Å². The average Bonchev–Trinajstić information content (AvgIpc) is 3.45. The minimum Gasteiger partial charge on any atom is -0.444 e. The van der Waals surface area contributed by atoms with Crippen molar-refractivity contribution >= 4 is 49.6 Å². The van der Waals surface area contributed by atoms with Gasteiger partial charge in [0, 0.05) is 59.3 Å². The maximum Gasteiger partial charge on any atom is 0.410 e. The van der Waals surface area contributed by atoms with Crippen LogP contribution in [0.2, 0.25) is 51.4 Å². The van der Waals surface area contributed by atoms with Crippen molar-refractivity contribution in [3.8, 4) is 11.1 Å². The number of hydrogen-bond donors (Lipinski definition) is 1. The first-order valence-electron chi connectivity index (χ1n) is 19.3. The molecule has 0 aliphatic heterocycles. The van der Waals surface area contributed by atoms with E-state index < -0.39 is 33.2 Å². The van der Waals surface area contributed by atoms with Crippen LogP contribution in [0, 0.1) is 5.82 Å². The van der Waals surface area contributed by atoms with Crippen LogP contribution in [0.3, 0.4) is 0 Å². The van der Waals surface area contributed by atoms with Gasteiger partial charge in [0.2, 0.25) is 0 Å². The van der Waals surface area contributed by atoms with Crippen LogP contribution in [0.1, 0.15) is 79.1 Å². The molecule has 11 nitrogen and oxygen atoms in total. The summed E-state index contributed by atoms with van der Waals surface area (Å²) in [6, 6.07) is 3.32. The molecule has 0 saturated carbocycles. The molecule has 0 aromatic carbocycles. The Morgan fingerprint density at radius 1 is 1.00 bits per heavy atom. The SMILES string of the molecule is CCCN(C(=O)OC(C)(C)C)[C@H](CC)CCc1nc2c(-c3cnc(C(C)(C)O)c(F)c3)cnn2c(N(COCC[Si](C)(C)C)COCC[Si](C)(C)C)c1Br. The van der Waals surface area contributed by atoms with Crippen LogP contribution in [0.15, 0.2) is 22.9 Å². The number of nitrogens with zero attached hydrogens (tertiary/aromatic N) is 6. The highest BCUT2D eigenvalue weighted by molar-refractivity contribution is 9.10. The van der Waals surface area contributed by atoms with Gasteiger partial charge >= 0.3 is 6.09 Å². The second-order valence-corrected chi connectivity index (χ2v) is 30.1. The molecule has 0 spiro atoms. The molecule has 0 bridgehead atoms. The van der Waals surface area contributed by atoms with Crippen molar-refractivity contribution in [1.29, 1.82) is 0 Å². The lowest BCUT2D eigenvalue weighted by atomic mass is 10.0. The molecule has 1 amide bonds. The van der Waals surface area contributed by atoms with Gasteiger partial charge in [0.25, 0.3) is 0 Å². The molecule has 3 heterocycles. The number of amides is 1. The van der Waals surface area contributed by atoms with E-state index in [1.165, 1.54) is 19.9 Å². The summed E-state index contributed by atoms with van der Waals surface area (Å²) < 4.78 is 36.4. The van der Waals surface area contributed by atoms with Crippen LogP contribution in [-0.4, -0.2) is 96.7 Å². The molecule has 0 unspecified atom stereocenters. The summed E-state index contributed by atoms with van der Waals surface area (Å²) in [4.78, 5) is 26.7. The van der Waals surface area contributed by atoms with Crippen molar-refractivity contribution in [2.75, 3.05) is 38.1 Å². The molecule has 54 heavy (non-hydrogen) atoms. The smallest absolute Gasteiger partial charge is 0.410 e. The number of carbonyl (C=O) groups excluding carboxylic acids is 1. The Hall–Kier alpha value is -2.44. The summed E-state index contributed by atoms with van der Waals surface area (Å²) in [7, 11) is -2.67. The topological polar surface area (TPSA) is 115 Å². The van der Waals surface area contributed by atoms with E-state index in [4.69, 9.17) is 24.3 Å². The van der Waals surface area contributed by atoms with Crippen molar-refractivity contribution in [1.82, 2.24) is 24.5 Å². The van der Waals surface area contributed by atoms with Gasteiger partial charge in [0.1, 0.15) is 36.2 Å². The molecular formula is C39H66BrFN6O5Si2. The first-order valence-corrected chi connectivity index (χ1v) is 27.5. The number of aromatic nitrogens is 4. The molecule has 3 aromatic heterocycles. The van der Waals surface area contributed by atoms with Gasteiger partial charge in [-0.15, -0.1) is 0 Å². The lowest BCUT2D eigenvalue weighted by Gasteiger charge is -2.33. The third-order valence-corrected chi connectivity index (χ3v) is 13.1. The summed E-state index contributed by atoms with van der Waals surface area (Å²) in [5.74, 6) is 0.0866. The number of fused-ring (bicyclic) bond motifs is 1. The maximum absolute atomic E-state index is 15.4. The molecule has 3 aromatic rings. The molecule has 0 aliphatic rings. The molecular weight excluding hydrogens is 788 g/mol. The zero-order chi connectivity index (χ0) is 40.6. The van der Waals surface area contributed by atoms with E-state index in [1.807, 2.05) is 30.6 Å². The first kappa shape index (κ1) is 45.9. The summed E-state index contributed by atoms with van der Waals surface area (Å²) in [5.41, 5.74) is 0.253. The maximum atomic E-state index is 15.4. The molecule has 15 heteroatoms. The third-order valence-electron chi connectivity index (χ3n) is 8.87. The summed E-state index contributed by atoms with van der Waals surface area (Å²) in [5, 5.41) is 15.3. The lowest BCUT2D eigenvalue weighted by molar-refractivity contribution is 0.0147. The highest BCUT2D eigenvalue weighted by atomic mass is 79.9. The number of hydrogen-bond acceptors (Lipinski definition) is 9. The molecule has 304 valence electrons. The zero-order valence-electron chi connectivity index (χ0n) is 35.1. The van der Waals surface area contributed by atoms with Gasteiger partial charge in [-0.05, 0) is 94.4 Å². The number of anilines is 1. The fraction of sp³-hybridized carbons (Fsp3) is 0.692. The van der Waals surface area contributed by atoms with Gasteiger partial charge in [-0.2, -0.15) is 9.61 Å². The Morgan fingerprint density at radius 3 is 2.07 bits per heavy atom. The second kappa shape index (κ2) is 19.1. The molecule has 0 aliphatic carbocycles. The predicted octanol–water partition coefficient (Wildman–Crippen LogP) is 9.71. The lowest BCUT2D eigenvalue weighted by Crippen LogP contribution is -2.44. The Labute approximate surface area is 333 Å². The minimum atomic E-state index is -1.45. The van der Waals surface area contributed by atoms with Gasteiger partial charge < -0.3 is 29.1 Å². The van der Waals surface area contributed by atoms with Crippen molar-refractivity contribution in [3.63, 3.8) is 0 Å². The van der Waals surface area contributed by atoms with E-state index in [0.29, 0.717) is 55.2 Å². The standard InChI is InChI=1S/C39H66BrFN6O5Si2/c1-14-18-46(37(48)52-38(3,4)5)29(15-2)16-17-32-33(40)36(45(26-50-19-21-53(8,9)10)27-51-20-22-54(11,12)13)47-35(44-32)30(25-43-47)28-23-31(41)34(42-24-28)39(6,7)49/h23-25,29,49H,14-22,26-27H2,1-13H3/t29-/m1/s1. The summed E-state index contributed by atoms with van der Waals surface area (Å²) >= 11 is 3.93. The highest BCUT2D eigenvalue weighted by Gasteiger charge is 2.30.